The Bertz CT molecular complexity index is 1110. The number of furan rings is 1. The Hall–Kier alpha value is -3.25. The molecule has 0 spiro atoms. The summed E-state index contributed by atoms with van der Waals surface area (Å²) in [7, 11) is 0. The van der Waals surface area contributed by atoms with Crippen LogP contribution in [0.1, 0.15) is 18.2 Å². The monoisotopic (exact) mass is 484 g/mol. The number of carbonyl (C=O) groups is 1. The molecule has 0 bridgehead atoms. The number of halogens is 1. The van der Waals surface area contributed by atoms with Gasteiger partial charge in [-0.3, -0.25) is 4.79 Å². The van der Waals surface area contributed by atoms with Crippen LogP contribution in [0.4, 0.5) is 5.88 Å². The molecule has 2 aromatic heterocycles. The summed E-state index contributed by atoms with van der Waals surface area (Å²) < 4.78 is 17.8. The maximum Gasteiger partial charge on any atom is 0.266 e. The van der Waals surface area contributed by atoms with Gasteiger partial charge < -0.3 is 23.4 Å². The number of nitriles is 1. The van der Waals surface area contributed by atoms with E-state index in [9.17, 15) is 10.1 Å². The molecule has 8 nitrogen and oxygen atoms in total. The molecule has 0 radical (unpaired) electrons. The number of aryl methyl sites for hydroxylation is 1. The molecular weight excluding hydrogens is 464 g/mol. The van der Waals surface area contributed by atoms with Crippen LogP contribution in [0.5, 0.6) is 5.75 Å². The van der Waals surface area contributed by atoms with Crippen LogP contribution in [-0.2, 0) is 4.79 Å². The van der Waals surface area contributed by atoms with E-state index in [1.807, 2.05) is 30.0 Å². The summed E-state index contributed by atoms with van der Waals surface area (Å²) in [6, 6.07) is 11.3. The number of carbonyl (C=O) groups excluding carboxylic acids is 1. The van der Waals surface area contributed by atoms with Gasteiger partial charge in [-0.25, -0.2) is 0 Å². The summed E-state index contributed by atoms with van der Waals surface area (Å²) >= 11 is 3.48. The van der Waals surface area contributed by atoms with E-state index in [2.05, 4.69) is 27.0 Å². The maximum absolute atomic E-state index is 12.9. The van der Waals surface area contributed by atoms with Gasteiger partial charge in [0.1, 0.15) is 11.8 Å². The second-order valence-corrected chi connectivity index (χ2v) is 8.12. The molecule has 1 aromatic carbocycles. The Morgan fingerprint density at radius 2 is 2.06 bits per heavy atom. The second-order valence-electron chi connectivity index (χ2n) is 7.27. The molecule has 1 fully saturated rings. The highest BCUT2D eigenvalue weighted by molar-refractivity contribution is 9.10. The Labute approximate surface area is 188 Å². The van der Waals surface area contributed by atoms with Gasteiger partial charge in [-0.1, -0.05) is 6.07 Å². The fraction of sp³-hybridized carbons (Fsp3) is 0.318. The highest BCUT2D eigenvalue weighted by Crippen LogP contribution is 2.30. The summed E-state index contributed by atoms with van der Waals surface area (Å²) in [5.41, 5.74) is 1.31. The van der Waals surface area contributed by atoms with Crippen LogP contribution in [0.15, 0.2) is 49.9 Å². The zero-order valence-corrected chi connectivity index (χ0v) is 18.8. The molecular formula is C22H21BrN4O4. The Morgan fingerprint density at radius 1 is 1.29 bits per heavy atom. The first-order valence-electron chi connectivity index (χ1n) is 9.87. The first-order valence-corrected chi connectivity index (χ1v) is 10.7. The first-order chi connectivity index (χ1) is 15.0. The van der Waals surface area contributed by atoms with E-state index in [1.54, 1.807) is 24.0 Å². The second kappa shape index (κ2) is 8.86. The zero-order chi connectivity index (χ0) is 22.0. The Balaban J connectivity index is 1.39. The highest BCUT2D eigenvalue weighted by atomic mass is 79.9. The van der Waals surface area contributed by atoms with E-state index < -0.39 is 6.10 Å². The van der Waals surface area contributed by atoms with Crippen molar-refractivity contribution >= 4 is 27.7 Å². The molecule has 0 aliphatic carbocycles. The summed E-state index contributed by atoms with van der Waals surface area (Å²) in [6.45, 7) is 5.77. The van der Waals surface area contributed by atoms with Crippen molar-refractivity contribution in [2.45, 2.75) is 20.0 Å². The quantitative estimate of drug-likeness (QED) is 0.539. The molecule has 3 heterocycles. The molecule has 31 heavy (non-hydrogen) atoms. The van der Waals surface area contributed by atoms with Crippen molar-refractivity contribution in [2.24, 2.45) is 0 Å². The lowest BCUT2D eigenvalue weighted by molar-refractivity contribution is -0.138. The molecule has 1 saturated heterocycles. The van der Waals surface area contributed by atoms with Crippen LogP contribution < -0.4 is 9.64 Å². The lowest BCUT2D eigenvalue weighted by Gasteiger charge is -2.35. The molecule has 0 N–H and O–H groups in total. The summed E-state index contributed by atoms with van der Waals surface area (Å²) in [5, 5.41) is 9.44. The van der Waals surface area contributed by atoms with E-state index in [-0.39, 0.29) is 17.5 Å². The van der Waals surface area contributed by atoms with Crippen molar-refractivity contribution in [2.75, 3.05) is 31.1 Å². The number of ether oxygens (including phenoxy) is 1. The standard InChI is InChI=1S/C22H21BrN4O4/c1-14-5-6-18(16(23)12-14)30-15(2)21(28)26-7-9-27(10-8-26)22-17(13-24)25-20(31-22)19-4-3-11-29-19/h3-6,11-12,15H,7-10H2,1-2H3. The predicted molar refractivity (Wildman–Crippen MR) is 117 cm³/mol. The number of oxazole rings is 1. The number of piperazine rings is 1. The minimum Gasteiger partial charge on any atom is -0.480 e. The maximum atomic E-state index is 12.9. The summed E-state index contributed by atoms with van der Waals surface area (Å²) in [5.74, 6) is 1.68. The van der Waals surface area contributed by atoms with Crippen molar-refractivity contribution in [1.29, 1.82) is 5.26 Å². The smallest absolute Gasteiger partial charge is 0.266 e. The van der Waals surface area contributed by atoms with Crippen LogP contribution in [0.2, 0.25) is 0 Å². The molecule has 1 atom stereocenters. The number of hydrogen-bond donors (Lipinski definition) is 0. The van der Waals surface area contributed by atoms with Gasteiger partial charge in [0.2, 0.25) is 11.6 Å². The van der Waals surface area contributed by atoms with Gasteiger partial charge in [-0.15, -0.1) is 0 Å². The number of hydrogen-bond acceptors (Lipinski definition) is 7. The third kappa shape index (κ3) is 4.44. The minimum absolute atomic E-state index is 0.0820. The lowest BCUT2D eigenvalue weighted by Crippen LogP contribution is -2.52. The average Bonchev–Trinajstić information content (AvgIpc) is 3.45. The van der Waals surface area contributed by atoms with Crippen molar-refractivity contribution < 1.29 is 18.4 Å². The van der Waals surface area contributed by atoms with Crippen LogP contribution in [0, 0.1) is 18.3 Å². The molecule has 3 aromatic rings. The van der Waals surface area contributed by atoms with Gasteiger partial charge in [0.15, 0.2) is 11.9 Å². The summed E-state index contributed by atoms with van der Waals surface area (Å²) in [4.78, 5) is 20.8. The molecule has 160 valence electrons. The minimum atomic E-state index is -0.615. The van der Waals surface area contributed by atoms with Gasteiger partial charge in [0.05, 0.1) is 10.7 Å². The number of benzene rings is 1. The average molecular weight is 485 g/mol. The van der Waals surface area contributed by atoms with E-state index >= 15 is 0 Å². The molecule has 1 amide bonds. The fourth-order valence-corrected chi connectivity index (χ4v) is 4.02. The van der Waals surface area contributed by atoms with Crippen molar-refractivity contribution in [3.05, 3.63) is 52.3 Å². The number of amides is 1. The van der Waals surface area contributed by atoms with Crippen LogP contribution in [0.25, 0.3) is 11.7 Å². The molecule has 1 unspecified atom stereocenters. The van der Waals surface area contributed by atoms with Gasteiger partial charge in [-0.05, 0) is 59.6 Å². The Morgan fingerprint density at radius 3 is 2.71 bits per heavy atom. The first kappa shape index (κ1) is 21.0. The van der Waals surface area contributed by atoms with Crippen LogP contribution in [0.3, 0.4) is 0 Å². The van der Waals surface area contributed by atoms with E-state index in [1.165, 1.54) is 6.26 Å². The van der Waals surface area contributed by atoms with Crippen molar-refractivity contribution in [1.82, 2.24) is 9.88 Å². The van der Waals surface area contributed by atoms with Crippen molar-refractivity contribution in [3.8, 4) is 23.5 Å². The van der Waals surface area contributed by atoms with E-state index in [0.717, 1.165) is 10.0 Å². The van der Waals surface area contributed by atoms with Gasteiger partial charge in [-0.2, -0.15) is 10.2 Å². The topological polar surface area (TPSA) is 95.7 Å². The largest absolute Gasteiger partial charge is 0.480 e. The highest BCUT2D eigenvalue weighted by Gasteiger charge is 2.29. The van der Waals surface area contributed by atoms with E-state index in [0.29, 0.717) is 43.6 Å². The van der Waals surface area contributed by atoms with Crippen LogP contribution >= 0.6 is 15.9 Å². The molecule has 9 heteroatoms. The van der Waals surface area contributed by atoms with Gasteiger partial charge in [0.25, 0.3) is 11.8 Å². The number of aromatic nitrogens is 1. The zero-order valence-electron chi connectivity index (χ0n) is 17.2. The molecule has 1 aliphatic rings. The molecule has 4 rings (SSSR count). The number of nitrogens with zero attached hydrogens (tertiary/aromatic N) is 4. The molecule has 0 saturated carbocycles. The number of rotatable bonds is 5. The predicted octanol–water partition coefficient (Wildman–Crippen LogP) is 3.99. The third-order valence-electron chi connectivity index (χ3n) is 5.06. The van der Waals surface area contributed by atoms with Gasteiger partial charge >= 0.3 is 0 Å². The third-order valence-corrected chi connectivity index (χ3v) is 5.68. The Kier molecular flexibility index (Phi) is 6.00. The van der Waals surface area contributed by atoms with Crippen LogP contribution in [-0.4, -0.2) is 48.1 Å². The SMILES string of the molecule is Cc1ccc(OC(C)C(=O)N2CCN(c3oc(-c4ccco4)nc3C#N)CC2)c(Br)c1. The molecule has 1 aliphatic heterocycles. The van der Waals surface area contributed by atoms with Crippen molar-refractivity contribution in [3.63, 3.8) is 0 Å². The normalized spacial score (nSPS) is 14.9. The fourth-order valence-electron chi connectivity index (χ4n) is 3.43. The lowest BCUT2D eigenvalue weighted by atomic mass is 10.2. The summed E-state index contributed by atoms with van der Waals surface area (Å²) in [6.07, 6.45) is 0.907. The van der Waals surface area contributed by atoms with E-state index in [4.69, 9.17) is 13.6 Å². The number of anilines is 1. The van der Waals surface area contributed by atoms with Gasteiger partial charge in [0, 0.05) is 26.2 Å².